The molecule has 0 bridgehead atoms. The Morgan fingerprint density at radius 3 is 2.16 bits per heavy atom. The van der Waals surface area contributed by atoms with Crippen molar-refractivity contribution in [2.75, 3.05) is 67.8 Å². The number of amides is 1. The van der Waals surface area contributed by atoms with Gasteiger partial charge in [-0.3, -0.25) is 14.5 Å². The van der Waals surface area contributed by atoms with E-state index in [1.807, 2.05) is 0 Å². The minimum absolute atomic E-state index is 0.0276. The number of aliphatic hydroxyl groups is 1. The number of rotatable bonds is 10. The number of aliphatic hydroxyl groups excluding tert-OH is 1. The Labute approximate surface area is 222 Å². The highest BCUT2D eigenvalue weighted by molar-refractivity contribution is 6.46. The number of ether oxygens (including phenoxy) is 5. The summed E-state index contributed by atoms with van der Waals surface area (Å²) in [5.41, 5.74) is 0.834. The van der Waals surface area contributed by atoms with Gasteiger partial charge in [-0.05, 0) is 36.2 Å². The van der Waals surface area contributed by atoms with Gasteiger partial charge in [-0.1, -0.05) is 12.1 Å². The number of methoxy groups -OCH3 is 4. The summed E-state index contributed by atoms with van der Waals surface area (Å²) in [4.78, 5) is 30.6. The van der Waals surface area contributed by atoms with E-state index in [1.165, 1.54) is 33.3 Å². The Morgan fingerprint density at radius 1 is 0.921 bits per heavy atom. The van der Waals surface area contributed by atoms with Gasteiger partial charge < -0.3 is 33.7 Å². The number of carbonyl (C=O) groups is 2. The van der Waals surface area contributed by atoms with E-state index in [1.54, 1.807) is 36.4 Å². The van der Waals surface area contributed by atoms with Gasteiger partial charge in [0.25, 0.3) is 11.7 Å². The number of benzene rings is 2. The zero-order valence-corrected chi connectivity index (χ0v) is 22.2. The predicted molar refractivity (Wildman–Crippen MR) is 140 cm³/mol. The van der Waals surface area contributed by atoms with Crippen LogP contribution in [0.5, 0.6) is 23.0 Å². The third-order valence-electron chi connectivity index (χ3n) is 6.88. The van der Waals surface area contributed by atoms with Crippen molar-refractivity contribution in [3.63, 3.8) is 0 Å². The van der Waals surface area contributed by atoms with Gasteiger partial charge >= 0.3 is 0 Å². The van der Waals surface area contributed by atoms with Gasteiger partial charge in [-0.2, -0.15) is 0 Å². The molecular formula is C28H34N2O8. The van der Waals surface area contributed by atoms with Crippen molar-refractivity contribution in [2.45, 2.75) is 12.5 Å². The van der Waals surface area contributed by atoms with Crippen LogP contribution in [0.1, 0.15) is 23.6 Å². The third-order valence-corrected chi connectivity index (χ3v) is 6.88. The maximum Gasteiger partial charge on any atom is 0.295 e. The lowest BCUT2D eigenvalue weighted by molar-refractivity contribution is -0.140. The van der Waals surface area contributed by atoms with Crippen LogP contribution >= 0.6 is 0 Å². The average molecular weight is 527 g/mol. The van der Waals surface area contributed by atoms with E-state index < -0.39 is 17.7 Å². The highest BCUT2D eigenvalue weighted by Crippen LogP contribution is 2.46. The van der Waals surface area contributed by atoms with Crippen molar-refractivity contribution < 1.29 is 38.4 Å². The first-order valence-electron chi connectivity index (χ1n) is 12.5. The Balaban J connectivity index is 1.81. The van der Waals surface area contributed by atoms with Gasteiger partial charge in [-0.15, -0.1) is 0 Å². The van der Waals surface area contributed by atoms with Gasteiger partial charge in [0.1, 0.15) is 11.5 Å². The molecule has 0 saturated carbocycles. The van der Waals surface area contributed by atoms with Crippen molar-refractivity contribution >= 4 is 17.4 Å². The van der Waals surface area contributed by atoms with E-state index >= 15 is 0 Å². The number of carbonyl (C=O) groups excluding carboxylic acids is 2. The van der Waals surface area contributed by atoms with Gasteiger partial charge in [0.05, 0.1) is 58.8 Å². The fourth-order valence-corrected chi connectivity index (χ4v) is 4.99. The zero-order chi connectivity index (χ0) is 27.2. The molecule has 2 aromatic carbocycles. The van der Waals surface area contributed by atoms with Crippen molar-refractivity contribution in [3.8, 4) is 23.0 Å². The Morgan fingerprint density at radius 2 is 1.55 bits per heavy atom. The van der Waals surface area contributed by atoms with E-state index in [0.29, 0.717) is 60.3 Å². The van der Waals surface area contributed by atoms with Crippen LogP contribution in [-0.4, -0.2) is 94.4 Å². The molecule has 0 spiro atoms. The fraction of sp³-hybridized carbons (Fsp3) is 0.429. The van der Waals surface area contributed by atoms with Crippen molar-refractivity contribution in [3.05, 3.63) is 53.1 Å². The number of ketones is 1. The first kappa shape index (κ1) is 27.3. The second kappa shape index (κ2) is 12.2. The molecule has 2 aromatic rings. The molecule has 10 nitrogen and oxygen atoms in total. The quantitative estimate of drug-likeness (QED) is 0.284. The molecule has 1 unspecified atom stereocenters. The Hall–Kier alpha value is -3.76. The monoisotopic (exact) mass is 526 g/mol. The van der Waals surface area contributed by atoms with Crippen molar-refractivity contribution in [1.29, 1.82) is 0 Å². The summed E-state index contributed by atoms with van der Waals surface area (Å²) in [5, 5.41) is 11.4. The molecule has 2 aliphatic heterocycles. The van der Waals surface area contributed by atoms with E-state index in [0.717, 1.165) is 19.6 Å². The Kier molecular flexibility index (Phi) is 8.75. The molecule has 4 rings (SSSR count). The summed E-state index contributed by atoms with van der Waals surface area (Å²) in [6, 6.07) is 9.33. The summed E-state index contributed by atoms with van der Waals surface area (Å²) in [7, 11) is 5.97. The molecule has 1 N–H and O–H groups in total. The standard InChI is InChI=1S/C28H34N2O8/c1-34-20-9-6-5-8-19(20)25(31)23-24(18-16-21(35-2)27(37-4)22(17-18)36-3)30(28(33)26(23)32)11-7-10-29-12-14-38-15-13-29/h5-6,8-9,16-17,24,31H,7,10-15H2,1-4H3/b25-23+. The maximum absolute atomic E-state index is 13.4. The largest absolute Gasteiger partial charge is 0.507 e. The second-order valence-corrected chi connectivity index (χ2v) is 8.96. The molecule has 2 heterocycles. The average Bonchev–Trinajstić information content (AvgIpc) is 3.21. The van der Waals surface area contributed by atoms with Gasteiger partial charge in [0.15, 0.2) is 11.5 Å². The first-order valence-corrected chi connectivity index (χ1v) is 12.5. The molecule has 10 heteroatoms. The minimum Gasteiger partial charge on any atom is -0.507 e. The lowest BCUT2D eigenvalue weighted by atomic mass is 9.94. The molecule has 1 amide bonds. The van der Waals surface area contributed by atoms with E-state index in [2.05, 4.69) is 4.90 Å². The third kappa shape index (κ3) is 5.27. The molecule has 2 saturated heterocycles. The summed E-state index contributed by atoms with van der Waals surface area (Å²) in [6.07, 6.45) is 0.642. The normalized spacial score (nSPS) is 19.5. The molecule has 204 valence electrons. The molecule has 0 aromatic heterocycles. The summed E-state index contributed by atoms with van der Waals surface area (Å²) >= 11 is 0. The number of hydrogen-bond donors (Lipinski definition) is 1. The highest BCUT2D eigenvalue weighted by Gasteiger charge is 2.46. The topological polar surface area (TPSA) is 107 Å². The van der Waals surface area contributed by atoms with E-state index in [-0.39, 0.29) is 11.3 Å². The van der Waals surface area contributed by atoms with Crippen LogP contribution in [0.4, 0.5) is 0 Å². The zero-order valence-electron chi connectivity index (χ0n) is 22.2. The smallest absolute Gasteiger partial charge is 0.295 e. The SMILES string of the molecule is COc1ccccc1/C(O)=C1\C(=O)C(=O)N(CCCN2CCOCC2)C1c1cc(OC)c(OC)c(OC)c1. The summed E-state index contributed by atoms with van der Waals surface area (Å²) in [6.45, 7) is 4.06. The molecule has 2 fully saturated rings. The number of para-hydroxylation sites is 1. The van der Waals surface area contributed by atoms with Crippen LogP contribution in [0.15, 0.2) is 42.0 Å². The second-order valence-electron chi connectivity index (χ2n) is 8.96. The van der Waals surface area contributed by atoms with Crippen molar-refractivity contribution in [2.24, 2.45) is 0 Å². The van der Waals surface area contributed by atoms with E-state index in [9.17, 15) is 14.7 Å². The minimum atomic E-state index is -0.877. The number of likely N-dealkylation sites (tertiary alicyclic amines) is 1. The van der Waals surface area contributed by atoms with Gasteiger partial charge in [-0.25, -0.2) is 0 Å². The molecule has 0 radical (unpaired) electrons. The number of hydrogen-bond acceptors (Lipinski definition) is 9. The lowest BCUT2D eigenvalue weighted by Crippen LogP contribution is -2.39. The Bertz CT molecular complexity index is 1180. The van der Waals surface area contributed by atoms with Crippen molar-refractivity contribution in [1.82, 2.24) is 9.80 Å². The number of morpholine rings is 1. The van der Waals surface area contributed by atoms with Crippen LogP contribution in [0.3, 0.4) is 0 Å². The summed E-state index contributed by atoms with van der Waals surface area (Å²) in [5.74, 6) is -0.244. The van der Waals surface area contributed by atoms with Crippen LogP contribution in [-0.2, 0) is 14.3 Å². The predicted octanol–water partition coefficient (Wildman–Crippen LogP) is 2.87. The van der Waals surface area contributed by atoms with Crippen LogP contribution in [0.2, 0.25) is 0 Å². The molecule has 1 atom stereocenters. The van der Waals surface area contributed by atoms with Crippen LogP contribution < -0.4 is 18.9 Å². The summed E-state index contributed by atoms with van der Waals surface area (Å²) < 4.78 is 27.4. The van der Waals surface area contributed by atoms with E-state index in [4.69, 9.17) is 23.7 Å². The highest BCUT2D eigenvalue weighted by atomic mass is 16.5. The van der Waals surface area contributed by atoms with Gasteiger partial charge in [0, 0.05) is 26.2 Å². The number of nitrogens with zero attached hydrogens (tertiary/aromatic N) is 2. The fourth-order valence-electron chi connectivity index (χ4n) is 4.99. The molecule has 2 aliphatic rings. The molecular weight excluding hydrogens is 492 g/mol. The molecule has 38 heavy (non-hydrogen) atoms. The molecule has 0 aliphatic carbocycles. The van der Waals surface area contributed by atoms with Crippen LogP contribution in [0, 0.1) is 0 Å². The van der Waals surface area contributed by atoms with Gasteiger partial charge in [0.2, 0.25) is 5.75 Å². The number of Topliss-reactive ketones (excluding diaryl/α,β-unsaturated/α-hetero) is 1. The lowest BCUT2D eigenvalue weighted by Gasteiger charge is -2.29. The van der Waals surface area contributed by atoms with Crippen LogP contribution in [0.25, 0.3) is 5.76 Å². The first-order chi connectivity index (χ1) is 18.4. The maximum atomic E-state index is 13.4.